The van der Waals surface area contributed by atoms with Crippen molar-refractivity contribution in [2.45, 2.75) is 6.42 Å². The lowest BCUT2D eigenvalue weighted by Crippen LogP contribution is -1.92. The Labute approximate surface area is 102 Å². The van der Waals surface area contributed by atoms with Gasteiger partial charge in [0, 0.05) is 17.1 Å². The zero-order valence-electron chi connectivity index (χ0n) is 7.95. The van der Waals surface area contributed by atoms with Gasteiger partial charge in [-0.1, -0.05) is 41.9 Å². The van der Waals surface area contributed by atoms with Gasteiger partial charge in [0.2, 0.25) is 0 Å². The van der Waals surface area contributed by atoms with Crippen LogP contribution in [0.25, 0.3) is 0 Å². The van der Waals surface area contributed by atoms with E-state index in [1.165, 1.54) is 5.56 Å². The fraction of sp³-hybridized carbons (Fsp3) is 0.0833. The van der Waals surface area contributed by atoms with E-state index in [1.807, 2.05) is 24.3 Å². The summed E-state index contributed by atoms with van der Waals surface area (Å²) in [5, 5.41) is 0.702. The molecule has 0 saturated heterocycles. The predicted octanol–water partition coefficient (Wildman–Crippen LogP) is 4.09. The van der Waals surface area contributed by atoms with Crippen LogP contribution in [0.3, 0.4) is 0 Å². The van der Waals surface area contributed by atoms with Crippen molar-refractivity contribution in [1.29, 1.82) is 0 Å². The highest BCUT2D eigenvalue weighted by Gasteiger charge is 2.03. The molecule has 0 radical (unpaired) electrons. The zero-order chi connectivity index (χ0) is 10.7. The molecule has 2 aromatic rings. The molecule has 0 fully saturated rings. The molecule has 0 amide bonds. The highest BCUT2D eigenvalue weighted by atomic mass is 79.9. The molecule has 0 spiro atoms. The Morgan fingerprint density at radius 3 is 2.60 bits per heavy atom. The molecule has 0 aliphatic carbocycles. The van der Waals surface area contributed by atoms with Crippen LogP contribution in [0.1, 0.15) is 11.3 Å². The Kier molecular flexibility index (Phi) is 3.39. The Balaban J connectivity index is 2.25. The van der Waals surface area contributed by atoms with Crippen molar-refractivity contribution in [3.05, 3.63) is 63.3 Å². The molecule has 15 heavy (non-hydrogen) atoms. The fourth-order valence-corrected chi connectivity index (χ4v) is 2.06. The minimum Gasteiger partial charge on any atom is -0.258 e. The van der Waals surface area contributed by atoms with Gasteiger partial charge in [0.15, 0.2) is 0 Å². The molecule has 1 aromatic carbocycles. The van der Waals surface area contributed by atoms with Crippen molar-refractivity contribution in [3.63, 3.8) is 0 Å². The normalized spacial score (nSPS) is 10.3. The molecular weight excluding hydrogens is 273 g/mol. The molecule has 0 aliphatic rings. The Morgan fingerprint density at radius 2 is 1.93 bits per heavy atom. The van der Waals surface area contributed by atoms with Crippen LogP contribution in [-0.2, 0) is 6.42 Å². The number of aromatic nitrogens is 1. The molecule has 0 saturated carbocycles. The molecule has 0 bridgehead atoms. The summed E-state index contributed by atoms with van der Waals surface area (Å²) in [6.45, 7) is 0. The van der Waals surface area contributed by atoms with Crippen LogP contribution in [-0.4, -0.2) is 4.98 Å². The lowest BCUT2D eigenvalue weighted by molar-refractivity contribution is 1.07. The predicted molar refractivity (Wildman–Crippen MR) is 66.2 cm³/mol. The second kappa shape index (κ2) is 4.77. The van der Waals surface area contributed by atoms with Gasteiger partial charge in [0.25, 0.3) is 0 Å². The van der Waals surface area contributed by atoms with Gasteiger partial charge < -0.3 is 0 Å². The van der Waals surface area contributed by atoms with Crippen molar-refractivity contribution in [1.82, 2.24) is 4.98 Å². The van der Waals surface area contributed by atoms with Crippen LogP contribution >= 0.6 is 27.5 Å². The summed E-state index contributed by atoms with van der Waals surface area (Å²) >= 11 is 9.42. The highest BCUT2D eigenvalue weighted by molar-refractivity contribution is 9.10. The molecule has 3 heteroatoms. The van der Waals surface area contributed by atoms with Gasteiger partial charge in [0.1, 0.15) is 0 Å². The summed E-state index contributed by atoms with van der Waals surface area (Å²) in [5.41, 5.74) is 2.13. The number of hydrogen-bond acceptors (Lipinski definition) is 1. The summed E-state index contributed by atoms with van der Waals surface area (Å²) in [5.74, 6) is 0. The SMILES string of the molecule is Clc1cc(Br)cnc1Cc1ccccc1. The molecule has 0 N–H and O–H groups in total. The second-order valence-corrected chi connectivity index (χ2v) is 4.57. The molecule has 2 rings (SSSR count). The third-order valence-electron chi connectivity index (χ3n) is 2.10. The first-order valence-corrected chi connectivity index (χ1v) is 5.76. The Hall–Kier alpha value is -0.860. The van der Waals surface area contributed by atoms with Gasteiger partial charge in [0.05, 0.1) is 10.7 Å². The zero-order valence-corrected chi connectivity index (χ0v) is 10.3. The van der Waals surface area contributed by atoms with Crippen molar-refractivity contribution in [2.75, 3.05) is 0 Å². The van der Waals surface area contributed by atoms with E-state index in [1.54, 1.807) is 6.20 Å². The average Bonchev–Trinajstić information content (AvgIpc) is 2.24. The summed E-state index contributed by atoms with van der Waals surface area (Å²) in [7, 11) is 0. The number of benzene rings is 1. The molecule has 0 aliphatic heterocycles. The quantitative estimate of drug-likeness (QED) is 0.808. The number of hydrogen-bond donors (Lipinski definition) is 0. The van der Waals surface area contributed by atoms with Gasteiger partial charge in [-0.2, -0.15) is 0 Å². The maximum absolute atomic E-state index is 6.09. The van der Waals surface area contributed by atoms with Gasteiger partial charge in [-0.05, 0) is 27.6 Å². The first-order chi connectivity index (χ1) is 7.25. The van der Waals surface area contributed by atoms with Crippen LogP contribution in [0.15, 0.2) is 47.1 Å². The van der Waals surface area contributed by atoms with Crippen molar-refractivity contribution in [2.24, 2.45) is 0 Å². The number of rotatable bonds is 2. The molecule has 0 atom stereocenters. The second-order valence-electron chi connectivity index (χ2n) is 3.24. The molecule has 0 unspecified atom stereocenters. The number of halogens is 2. The lowest BCUT2D eigenvalue weighted by atomic mass is 10.1. The average molecular weight is 283 g/mol. The van der Waals surface area contributed by atoms with Gasteiger partial charge >= 0.3 is 0 Å². The van der Waals surface area contributed by atoms with E-state index >= 15 is 0 Å². The topological polar surface area (TPSA) is 12.9 Å². The Bertz CT molecular complexity index is 456. The van der Waals surface area contributed by atoms with E-state index in [0.29, 0.717) is 5.02 Å². The van der Waals surface area contributed by atoms with E-state index in [-0.39, 0.29) is 0 Å². The van der Waals surface area contributed by atoms with E-state index in [0.717, 1.165) is 16.6 Å². The molecule has 1 aromatic heterocycles. The van der Waals surface area contributed by atoms with Gasteiger partial charge in [-0.15, -0.1) is 0 Å². The van der Waals surface area contributed by atoms with Crippen molar-refractivity contribution in [3.8, 4) is 0 Å². The van der Waals surface area contributed by atoms with Crippen LogP contribution in [0.5, 0.6) is 0 Å². The van der Waals surface area contributed by atoms with E-state index in [4.69, 9.17) is 11.6 Å². The van der Waals surface area contributed by atoms with E-state index in [9.17, 15) is 0 Å². The largest absolute Gasteiger partial charge is 0.258 e. The molecular formula is C12H9BrClN. The van der Waals surface area contributed by atoms with E-state index < -0.39 is 0 Å². The Morgan fingerprint density at radius 1 is 1.20 bits per heavy atom. The first-order valence-electron chi connectivity index (χ1n) is 4.59. The van der Waals surface area contributed by atoms with Crippen LogP contribution in [0.2, 0.25) is 5.02 Å². The van der Waals surface area contributed by atoms with Gasteiger partial charge in [-0.3, -0.25) is 4.98 Å². The minimum absolute atomic E-state index is 0.702. The van der Waals surface area contributed by atoms with E-state index in [2.05, 4.69) is 33.0 Å². The standard InChI is InChI=1S/C12H9BrClN/c13-10-7-11(14)12(15-8-10)6-9-4-2-1-3-5-9/h1-5,7-8H,6H2. The summed E-state index contributed by atoms with van der Waals surface area (Å²) < 4.78 is 0.907. The van der Waals surface area contributed by atoms with Gasteiger partial charge in [-0.25, -0.2) is 0 Å². The van der Waals surface area contributed by atoms with Crippen molar-refractivity contribution < 1.29 is 0 Å². The first kappa shape index (κ1) is 10.7. The lowest BCUT2D eigenvalue weighted by Gasteiger charge is -2.03. The number of nitrogens with zero attached hydrogens (tertiary/aromatic N) is 1. The van der Waals surface area contributed by atoms with Crippen LogP contribution < -0.4 is 0 Å². The molecule has 1 heterocycles. The maximum Gasteiger partial charge on any atom is 0.0636 e. The monoisotopic (exact) mass is 281 g/mol. The number of pyridine rings is 1. The smallest absolute Gasteiger partial charge is 0.0636 e. The fourth-order valence-electron chi connectivity index (χ4n) is 1.36. The maximum atomic E-state index is 6.09. The molecule has 1 nitrogen and oxygen atoms in total. The third kappa shape index (κ3) is 2.80. The molecule has 76 valence electrons. The summed E-state index contributed by atoms with van der Waals surface area (Å²) in [6, 6.07) is 12.0. The van der Waals surface area contributed by atoms with Crippen molar-refractivity contribution >= 4 is 27.5 Å². The third-order valence-corrected chi connectivity index (χ3v) is 2.86. The highest BCUT2D eigenvalue weighted by Crippen LogP contribution is 2.21. The summed E-state index contributed by atoms with van der Waals surface area (Å²) in [6.07, 6.45) is 2.54. The van der Waals surface area contributed by atoms with Crippen LogP contribution in [0, 0.1) is 0 Å². The van der Waals surface area contributed by atoms with Crippen LogP contribution in [0.4, 0.5) is 0 Å². The minimum atomic E-state index is 0.702. The summed E-state index contributed by atoms with van der Waals surface area (Å²) in [4.78, 5) is 4.29.